The fourth-order valence-corrected chi connectivity index (χ4v) is 5.62. The van der Waals surface area contributed by atoms with Crippen LogP contribution in [0.1, 0.15) is 17.2 Å². The summed E-state index contributed by atoms with van der Waals surface area (Å²) in [7, 11) is -3.67. The van der Waals surface area contributed by atoms with Crippen LogP contribution in [0.2, 0.25) is 0 Å². The first kappa shape index (κ1) is 16.7. The van der Waals surface area contributed by atoms with E-state index >= 15 is 0 Å². The molecule has 0 spiro atoms. The molecule has 2 aliphatic rings. The zero-order valence-corrected chi connectivity index (χ0v) is 15.4. The Kier molecular flexibility index (Phi) is 3.75. The summed E-state index contributed by atoms with van der Waals surface area (Å²) in [5.41, 5.74) is 3.26. The van der Waals surface area contributed by atoms with Gasteiger partial charge in [0.2, 0.25) is 10.0 Å². The molecule has 0 saturated carbocycles. The zero-order valence-electron chi connectivity index (χ0n) is 14.6. The van der Waals surface area contributed by atoms with Crippen molar-refractivity contribution < 1.29 is 12.8 Å². The molecule has 0 bridgehead atoms. The van der Waals surface area contributed by atoms with Crippen LogP contribution in [0.15, 0.2) is 56.6 Å². The van der Waals surface area contributed by atoms with Crippen LogP contribution in [-0.4, -0.2) is 48.8 Å². The Labute approximate surface area is 156 Å². The fraction of sp³-hybridized carbons (Fsp3) is 0.316. The lowest BCUT2D eigenvalue weighted by atomic mass is 9.91. The second-order valence-corrected chi connectivity index (χ2v) is 8.97. The van der Waals surface area contributed by atoms with Gasteiger partial charge in [0.15, 0.2) is 5.58 Å². The normalized spacial score (nSPS) is 21.1. The molecule has 140 valence electrons. The molecule has 27 heavy (non-hydrogen) atoms. The maximum absolute atomic E-state index is 13.2. The van der Waals surface area contributed by atoms with Gasteiger partial charge in [0.1, 0.15) is 0 Å². The van der Waals surface area contributed by atoms with Gasteiger partial charge in [0.25, 0.3) is 0 Å². The van der Waals surface area contributed by atoms with E-state index in [0.717, 1.165) is 13.0 Å². The first-order valence-corrected chi connectivity index (χ1v) is 10.4. The number of sulfonamides is 1. The molecule has 3 aromatic rings. The molecule has 8 heteroatoms. The van der Waals surface area contributed by atoms with E-state index in [1.165, 1.54) is 23.3 Å². The Balaban J connectivity index is 1.50. The second-order valence-electron chi connectivity index (χ2n) is 7.04. The largest absolute Gasteiger partial charge is 0.417 e. The highest BCUT2D eigenvalue weighted by Crippen LogP contribution is 2.34. The average Bonchev–Trinajstić information content (AvgIpc) is 3.06. The van der Waals surface area contributed by atoms with E-state index in [2.05, 4.69) is 22.0 Å². The Morgan fingerprint density at radius 1 is 1.07 bits per heavy atom. The molecule has 1 fully saturated rings. The third kappa shape index (κ3) is 2.72. The summed E-state index contributed by atoms with van der Waals surface area (Å²) >= 11 is 0. The Hall–Kier alpha value is -2.42. The van der Waals surface area contributed by atoms with Gasteiger partial charge < -0.3 is 4.42 Å². The van der Waals surface area contributed by atoms with Crippen molar-refractivity contribution in [2.45, 2.75) is 17.4 Å². The molecule has 7 nitrogen and oxygen atoms in total. The fourth-order valence-electron chi connectivity index (χ4n) is 4.16. The summed E-state index contributed by atoms with van der Waals surface area (Å²) in [6, 6.07) is 12.9. The summed E-state index contributed by atoms with van der Waals surface area (Å²) in [6.07, 6.45) is 1.00. The van der Waals surface area contributed by atoms with Crippen LogP contribution < -0.4 is 5.76 Å². The predicted molar refractivity (Wildman–Crippen MR) is 100 cm³/mol. The van der Waals surface area contributed by atoms with Crippen molar-refractivity contribution in [3.05, 3.63) is 64.1 Å². The lowest BCUT2D eigenvalue weighted by molar-refractivity contribution is 0.109. The SMILES string of the molecule is O=c1[nH]c2ccc(S(=O)(=O)N3CCN4CCc5ccccc5C4C3)cc2o1. The molecule has 1 saturated heterocycles. The number of piperazine rings is 1. The number of nitrogens with one attached hydrogen (secondary N) is 1. The molecule has 1 N–H and O–H groups in total. The minimum atomic E-state index is -3.67. The van der Waals surface area contributed by atoms with Crippen LogP contribution in [0, 0.1) is 0 Å². The standard InChI is InChI=1S/C19H19N3O4S/c23-19-20-16-6-5-14(11-18(16)26-19)27(24,25)22-10-9-21-8-7-13-3-1-2-4-15(13)17(21)12-22/h1-6,11,17H,7-10,12H2,(H,20,23). The number of H-pyrrole nitrogens is 1. The molecule has 1 aromatic heterocycles. The number of benzene rings is 2. The highest BCUT2D eigenvalue weighted by atomic mass is 32.2. The lowest BCUT2D eigenvalue weighted by Crippen LogP contribution is -2.52. The molecule has 3 heterocycles. The van der Waals surface area contributed by atoms with E-state index < -0.39 is 15.8 Å². The smallest absolute Gasteiger partial charge is 0.408 e. The summed E-state index contributed by atoms with van der Waals surface area (Å²) in [5.74, 6) is -0.591. The Morgan fingerprint density at radius 3 is 2.81 bits per heavy atom. The number of hydrogen-bond donors (Lipinski definition) is 1. The minimum Gasteiger partial charge on any atom is -0.408 e. The predicted octanol–water partition coefficient (Wildman–Crippen LogP) is 1.72. The van der Waals surface area contributed by atoms with Gasteiger partial charge in [-0.3, -0.25) is 9.88 Å². The van der Waals surface area contributed by atoms with Gasteiger partial charge in [0, 0.05) is 38.3 Å². The average molecular weight is 385 g/mol. The summed E-state index contributed by atoms with van der Waals surface area (Å²) in [5, 5.41) is 0. The van der Waals surface area contributed by atoms with Gasteiger partial charge in [-0.15, -0.1) is 0 Å². The Morgan fingerprint density at radius 2 is 1.93 bits per heavy atom. The quantitative estimate of drug-likeness (QED) is 0.726. The summed E-state index contributed by atoms with van der Waals surface area (Å²) in [4.78, 5) is 16.4. The minimum absolute atomic E-state index is 0.0763. The topological polar surface area (TPSA) is 86.6 Å². The van der Waals surface area contributed by atoms with Crippen LogP contribution in [0.3, 0.4) is 0 Å². The first-order chi connectivity index (χ1) is 13.0. The number of rotatable bonds is 2. The van der Waals surface area contributed by atoms with E-state index in [4.69, 9.17) is 4.42 Å². The van der Waals surface area contributed by atoms with Crippen LogP contribution in [-0.2, 0) is 16.4 Å². The van der Waals surface area contributed by atoms with Gasteiger partial charge >= 0.3 is 5.76 Å². The van der Waals surface area contributed by atoms with Crippen LogP contribution in [0.5, 0.6) is 0 Å². The van der Waals surface area contributed by atoms with Crippen LogP contribution in [0.25, 0.3) is 11.1 Å². The number of hydrogen-bond acceptors (Lipinski definition) is 5. The molecule has 1 unspecified atom stereocenters. The van der Waals surface area contributed by atoms with Gasteiger partial charge in [-0.1, -0.05) is 24.3 Å². The number of oxazole rings is 1. The number of nitrogens with zero attached hydrogens (tertiary/aromatic N) is 2. The van der Waals surface area contributed by atoms with E-state index in [1.54, 1.807) is 10.4 Å². The van der Waals surface area contributed by atoms with Crippen molar-refractivity contribution in [3.8, 4) is 0 Å². The van der Waals surface area contributed by atoms with Gasteiger partial charge in [-0.05, 0) is 29.7 Å². The molecule has 2 aliphatic heterocycles. The van der Waals surface area contributed by atoms with Gasteiger partial charge in [-0.25, -0.2) is 13.2 Å². The number of aromatic nitrogens is 1. The molecule has 0 aliphatic carbocycles. The molecular formula is C19H19N3O4S. The number of aromatic amines is 1. The van der Waals surface area contributed by atoms with E-state index in [0.29, 0.717) is 25.2 Å². The monoisotopic (exact) mass is 385 g/mol. The van der Waals surface area contributed by atoms with Crippen molar-refractivity contribution in [3.63, 3.8) is 0 Å². The molecule has 5 rings (SSSR count). The second kappa shape index (κ2) is 6.05. The van der Waals surface area contributed by atoms with E-state index in [9.17, 15) is 13.2 Å². The molecular weight excluding hydrogens is 366 g/mol. The summed E-state index contributed by atoms with van der Waals surface area (Å²) in [6.45, 7) is 2.54. The molecule has 1 atom stereocenters. The van der Waals surface area contributed by atoms with Crippen molar-refractivity contribution >= 4 is 21.1 Å². The van der Waals surface area contributed by atoms with Crippen LogP contribution in [0.4, 0.5) is 0 Å². The van der Waals surface area contributed by atoms with Crippen molar-refractivity contribution in [2.75, 3.05) is 26.2 Å². The van der Waals surface area contributed by atoms with Crippen molar-refractivity contribution in [1.82, 2.24) is 14.2 Å². The highest BCUT2D eigenvalue weighted by Gasteiger charge is 2.37. The van der Waals surface area contributed by atoms with Gasteiger partial charge in [-0.2, -0.15) is 4.31 Å². The molecule has 0 radical (unpaired) electrons. The zero-order chi connectivity index (χ0) is 18.6. The lowest BCUT2D eigenvalue weighted by Gasteiger charge is -2.44. The van der Waals surface area contributed by atoms with Crippen molar-refractivity contribution in [2.24, 2.45) is 0 Å². The molecule has 2 aromatic carbocycles. The van der Waals surface area contributed by atoms with E-state index in [-0.39, 0.29) is 16.5 Å². The number of fused-ring (bicyclic) bond motifs is 4. The van der Waals surface area contributed by atoms with Crippen LogP contribution >= 0.6 is 0 Å². The maximum Gasteiger partial charge on any atom is 0.417 e. The third-order valence-corrected chi connectivity index (χ3v) is 7.43. The summed E-state index contributed by atoms with van der Waals surface area (Å²) < 4.78 is 33.0. The van der Waals surface area contributed by atoms with Crippen molar-refractivity contribution in [1.29, 1.82) is 0 Å². The third-order valence-electron chi connectivity index (χ3n) is 5.57. The highest BCUT2D eigenvalue weighted by molar-refractivity contribution is 7.89. The van der Waals surface area contributed by atoms with E-state index in [1.807, 2.05) is 12.1 Å². The maximum atomic E-state index is 13.2. The molecule has 0 amide bonds. The van der Waals surface area contributed by atoms with Gasteiger partial charge in [0.05, 0.1) is 10.4 Å². The Bertz CT molecular complexity index is 1180. The first-order valence-electron chi connectivity index (χ1n) is 8.97.